The molecule has 2 aromatic heterocycles. The fraction of sp³-hybridized carbons (Fsp3) is 0.483. The number of anilines is 1. The van der Waals surface area contributed by atoms with Gasteiger partial charge in [0.05, 0.1) is 16.8 Å². The van der Waals surface area contributed by atoms with E-state index in [0.717, 1.165) is 30.7 Å². The number of aliphatic hydroxyl groups is 1. The van der Waals surface area contributed by atoms with E-state index in [2.05, 4.69) is 63.1 Å². The van der Waals surface area contributed by atoms with E-state index >= 15 is 0 Å². The van der Waals surface area contributed by atoms with Crippen LogP contribution in [0.25, 0.3) is 22.0 Å². The molecule has 1 aliphatic heterocycles. The Balaban J connectivity index is 0.000000473. The highest BCUT2D eigenvalue weighted by Crippen LogP contribution is 2.41. The zero-order chi connectivity index (χ0) is 26.2. The molecule has 0 atom stereocenters. The Morgan fingerprint density at radius 3 is 2.20 bits per heavy atom. The highest BCUT2D eigenvalue weighted by Gasteiger charge is 2.28. The van der Waals surface area contributed by atoms with Gasteiger partial charge in [-0.2, -0.15) is 0 Å². The topological polar surface area (TPSA) is 86.6 Å². The molecule has 6 heteroatoms. The largest absolute Gasteiger partial charge is 0.483 e. The average molecular weight is 480 g/mol. The number of hydrogen-bond donors (Lipinski definition) is 2. The standard InChI is InChI=1S/C24H29N3.C4H10O.CH2O2/c1-5-19-17(2)26-16-21(23(19)27-14-11-24(3,4)12-15-27)20-10-6-8-18-9-7-13-25-22(18)20;1-4(2,3)5;2-1-3/h6-10,13,16H,5,11-12,14-15H2,1-4H3;5H,1-3H3;1H,(H,2,3). The second-order valence-corrected chi connectivity index (χ2v) is 10.7. The minimum absolute atomic E-state index is 0.250. The van der Waals surface area contributed by atoms with Crippen molar-refractivity contribution in [2.45, 2.75) is 73.3 Å². The number of para-hydroxylation sites is 1. The molecule has 0 bridgehead atoms. The first kappa shape index (κ1) is 28.2. The molecule has 3 aromatic rings. The van der Waals surface area contributed by atoms with Crippen LogP contribution in [-0.4, -0.2) is 45.3 Å². The Morgan fingerprint density at radius 1 is 1.06 bits per heavy atom. The third kappa shape index (κ3) is 8.03. The van der Waals surface area contributed by atoms with Gasteiger partial charge in [-0.3, -0.25) is 14.8 Å². The zero-order valence-electron chi connectivity index (χ0n) is 22.3. The van der Waals surface area contributed by atoms with Gasteiger partial charge in [0.2, 0.25) is 0 Å². The number of carboxylic acid groups (broad SMARTS) is 1. The molecule has 0 unspecified atom stereocenters. The van der Waals surface area contributed by atoms with Crippen molar-refractivity contribution in [2.24, 2.45) is 5.41 Å². The predicted molar refractivity (Wildman–Crippen MR) is 145 cm³/mol. The van der Waals surface area contributed by atoms with Crippen LogP contribution in [-0.2, 0) is 11.2 Å². The predicted octanol–water partition coefficient (Wildman–Crippen LogP) is 6.27. The summed E-state index contributed by atoms with van der Waals surface area (Å²) in [4.78, 5) is 20.4. The van der Waals surface area contributed by atoms with E-state index in [1.807, 2.05) is 12.3 Å². The van der Waals surface area contributed by atoms with E-state index in [-0.39, 0.29) is 6.47 Å². The molecule has 6 nitrogen and oxygen atoms in total. The summed E-state index contributed by atoms with van der Waals surface area (Å²) in [7, 11) is 0. The third-order valence-corrected chi connectivity index (χ3v) is 6.07. The second-order valence-electron chi connectivity index (χ2n) is 10.7. The Labute approximate surface area is 210 Å². The van der Waals surface area contributed by atoms with Crippen LogP contribution in [0.15, 0.2) is 42.7 Å². The van der Waals surface area contributed by atoms with Crippen LogP contribution in [0.1, 0.15) is 65.6 Å². The Morgan fingerprint density at radius 2 is 1.63 bits per heavy atom. The maximum atomic E-state index is 8.52. The molecule has 190 valence electrons. The van der Waals surface area contributed by atoms with Crippen LogP contribution in [0.4, 0.5) is 5.69 Å². The molecule has 0 radical (unpaired) electrons. The Bertz CT molecular complexity index is 1100. The lowest BCUT2D eigenvalue weighted by Gasteiger charge is -2.40. The quantitative estimate of drug-likeness (QED) is 0.431. The van der Waals surface area contributed by atoms with Gasteiger partial charge in [0.25, 0.3) is 6.47 Å². The van der Waals surface area contributed by atoms with Crippen LogP contribution in [0.3, 0.4) is 0 Å². The first-order valence-electron chi connectivity index (χ1n) is 12.3. The summed E-state index contributed by atoms with van der Waals surface area (Å²) in [6.45, 7) is 16.3. The van der Waals surface area contributed by atoms with E-state index in [9.17, 15) is 0 Å². The first-order valence-corrected chi connectivity index (χ1v) is 12.3. The monoisotopic (exact) mass is 479 g/mol. The minimum atomic E-state index is -0.500. The summed E-state index contributed by atoms with van der Waals surface area (Å²) in [5, 5.41) is 16.6. The highest BCUT2D eigenvalue weighted by molar-refractivity contribution is 5.97. The van der Waals surface area contributed by atoms with Gasteiger partial charge in [0, 0.05) is 47.7 Å². The number of aryl methyl sites for hydroxylation is 1. The maximum absolute atomic E-state index is 8.52. The molecular formula is C29H41N3O3. The molecule has 0 aliphatic carbocycles. The lowest BCUT2D eigenvalue weighted by molar-refractivity contribution is -0.122. The van der Waals surface area contributed by atoms with E-state index in [0.29, 0.717) is 5.41 Å². The maximum Gasteiger partial charge on any atom is 0.290 e. The Kier molecular flexibility index (Phi) is 9.78. The number of fused-ring (bicyclic) bond motifs is 1. The van der Waals surface area contributed by atoms with Crippen molar-refractivity contribution in [3.8, 4) is 11.1 Å². The van der Waals surface area contributed by atoms with E-state index in [1.165, 1.54) is 40.6 Å². The van der Waals surface area contributed by atoms with Crippen LogP contribution in [0, 0.1) is 12.3 Å². The molecular weight excluding hydrogens is 438 g/mol. The number of hydrogen-bond acceptors (Lipinski definition) is 5. The fourth-order valence-corrected chi connectivity index (χ4v) is 4.27. The first-order chi connectivity index (χ1) is 16.4. The van der Waals surface area contributed by atoms with Gasteiger partial charge in [-0.15, -0.1) is 0 Å². The molecule has 4 rings (SSSR count). The second kappa shape index (κ2) is 12.1. The summed E-state index contributed by atoms with van der Waals surface area (Å²) in [5.41, 5.74) is 7.31. The van der Waals surface area contributed by atoms with Crippen LogP contribution >= 0.6 is 0 Å². The number of pyridine rings is 2. The number of rotatable bonds is 3. The van der Waals surface area contributed by atoms with Crippen LogP contribution in [0.5, 0.6) is 0 Å². The summed E-state index contributed by atoms with van der Waals surface area (Å²) < 4.78 is 0. The molecule has 35 heavy (non-hydrogen) atoms. The fourth-order valence-electron chi connectivity index (χ4n) is 4.27. The Hall–Kier alpha value is -2.99. The van der Waals surface area contributed by atoms with Gasteiger partial charge >= 0.3 is 0 Å². The number of aromatic nitrogens is 2. The average Bonchev–Trinajstić information content (AvgIpc) is 2.78. The molecule has 1 saturated heterocycles. The number of carbonyl (C=O) groups is 1. The van der Waals surface area contributed by atoms with Gasteiger partial charge in [-0.05, 0) is 64.0 Å². The SMILES string of the molecule is CC(C)(C)O.CCc1c(C)ncc(-c2cccc3cccnc23)c1N1CCC(C)(C)CC1.O=CO. The molecule has 0 spiro atoms. The summed E-state index contributed by atoms with van der Waals surface area (Å²) >= 11 is 0. The summed E-state index contributed by atoms with van der Waals surface area (Å²) in [6, 6.07) is 10.6. The van der Waals surface area contributed by atoms with Crippen LogP contribution < -0.4 is 4.90 Å². The lowest BCUT2D eigenvalue weighted by atomic mass is 9.82. The van der Waals surface area contributed by atoms with Crippen molar-refractivity contribution in [3.05, 3.63) is 54.0 Å². The summed E-state index contributed by atoms with van der Waals surface area (Å²) in [6.07, 6.45) is 7.40. The van der Waals surface area contributed by atoms with Crippen molar-refractivity contribution >= 4 is 23.1 Å². The molecule has 1 aromatic carbocycles. The zero-order valence-corrected chi connectivity index (χ0v) is 22.3. The third-order valence-electron chi connectivity index (χ3n) is 6.07. The molecule has 1 fully saturated rings. The van der Waals surface area contributed by atoms with Gasteiger partial charge in [-0.1, -0.05) is 45.0 Å². The van der Waals surface area contributed by atoms with Crippen molar-refractivity contribution in [1.82, 2.24) is 9.97 Å². The smallest absolute Gasteiger partial charge is 0.290 e. The normalized spacial score (nSPS) is 14.9. The molecule has 0 saturated carbocycles. The minimum Gasteiger partial charge on any atom is -0.483 e. The van der Waals surface area contributed by atoms with Gasteiger partial charge in [0.1, 0.15) is 0 Å². The van der Waals surface area contributed by atoms with Gasteiger partial charge in [-0.25, -0.2) is 0 Å². The van der Waals surface area contributed by atoms with Crippen molar-refractivity contribution < 1.29 is 15.0 Å². The van der Waals surface area contributed by atoms with E-state index in [4.69, 9.17) is 25.0 Å². The van der Waals surface area contributed by atoms with Crippen molar-refractivity contribution in [2.75, 3.05) is 18.0 Å². The van der Waals surface area contributed by atoms with Gasteiger partial charge < -0.3 is 15.1 Å². The van der Waals surface area contributed by atoms with E-state index in [1.54, 1.807) is 20.8 Å². The molecule has 3 heterocycles. The van der Waals surface area contributed by atoms with Crippen molar-refractivity contribution in [3.63, 3.8) is 0 Å². The number of benzene rings is 1. The van der Waals surface area contributed by atoms with Crippen molar-refractivity contribution in [1.29, 1.82) is 0 Å². The number of nitrogens with zero attached hydrogens (tertiary/aromatic N) is 3. The molecule has 1 aliphatic rings. The lowest BCUT2D eigenvalue weighted by Crippen LogP contribution is -2.38. The summed E-state index contributed by atoms with van der Waals surface area (Å²) in [5.74, 6) is 0. The highest BCUT2D eigenvalue weighted by atomic mass is 16.3. The number of piperidine rings is 1. The van der Waals surface area contributed by atoms with Gasteiger partial charge in [0.15, 0.2) is 0 Å². The van der Waals surface area contributed by atoms with Crippen LogP contribution in [0.2, 0.25) is 0 Å². The molecule has 0 amide bonds. The van der Waals surface area contributed by atoms with E-state index < -0.39 is 5.60 Å². The molecule has 2 N–H and O–H groups in total.